The van der Waals surface area contributed by atoms with Crippen molar-refractivity contribution in [3.05, 3.63) is 71.8 Å². The molecule has 0 saturated carbocycles. The number of hydrogen-bond donors (Lipinski definition) is 0. The van der Waals surface area contributed by atoms with Crippen molar-refractivity contribution in [3.8, 4) is 11.3 Å². The van der Waals surface area contributed by atoms with Crippen LogP contribution in [0.2, 0.25) is 5.02 Å². The first-order chi connectivity index (χ1) is 16.2. The first-order valence-corrected chi connectivity index (χ1v) is 12.0. The summed E-state index contributed by atoms with van der Waals surface area (Å²) in [5.74, 6) is 1.12. The molecule has 33 heavy (non-hydrogen) atoms. The van der Waals surface area contributed by atoms with E-state index in [0.717, 1.165) is 73.4 Å². The van der Waals surface area contributed by atoms with Gasteiger partial charge >= 0.3 is 0 Å². The molecule has 1 amide bonds. The Kier molecular flexibility index (Phi) is 6.44. The summed E-state index contributed by atoms with van der Waals surface area (Å²) < 4.78 is 0. The van der Waals surface area contributed by atoms with Gasteiger partial charge in [0.15, 0.2) is 5.82 Å². The van der Waals surface area contributed by atoms with Gasteiger partial charge in [-0.3, -0.25) is 4.79 Å². The van der Waals surface area contributed by atoms with E-state index in [1.165, 1.54) is 0 Å². The van der Waals surface area contributed by atoms with Crippen LogP contribution in [-0.4, -0.2) is 60.3 Å². The molecule has 2 aromatic carbocycles. The molecule has 0 aliphatic carbocycles. The van der Waals surface area contributed by atoms with Crippen LogP contribution in [0.3, 0.4) is 0 Å². The summed E-state index contributed by atoms with van der Waals surface area (Å²) in [4.78, 5) is 19.8. The first kappa shape index (κ1) is 21.7. The first-order valence-electron chi connectivity index (χ1n) is 11.6. The quantitative estimate of drug-likeness (QED) is 0.577. The van der Waals surface area contributed by atoms with Gasteiger partial charge < -0.3 is 14.7 Å². The zero-order chi connectivity index (χ0) is 22.6. The highest BCUT2D eigenvalue weighted by atomic mass is 35.5. The molecule has 0 spiro atoms. The summed E-state index contributed by atoms with van der Waals surface area (Å²) >= 11 is 6.14. The number of carbonyl (C=O) groups excluding carboxylic acids is 1. The van der Waals surface area contributed by atoms with Crippen LogP contribution in [-0.2, 0) is 4.79 Å². The third kappa shape index (κ3) is 4.96. The number of nitrogens with zero attached hydrogens (tertiary/aromatic N) is 5. The molecular formula is C26H28ClN5O. The molecule has 2 fully saturated rings. The van der Waals surface area contributed by atoms with E-state index in [9.17, 15) is 4.79 Å². The van der Waals surface area contributed by atoms with Crippen molar-refractivity contribution in [2.45, 2.75) is 12.8 Å². The second-order valence-electron chi connectivity index (χ2n) is 8.72. The fourth-order valence-electron chi connectivity index (χ4n) is 4.76. The van der Waals surface area contributed by atoms with Crippen LogP contribution in [0.4, 0.5) is 11.5 Å². The van der Waals surface area contributed by atoms with Crippen LogP contribution in [0.1, 0.15) is 12.8 Å². The highest BCUT2D eigenvalue weighted by molar-refractivity contribution is 6.30. The van der Waals surface area contributed by atoms with E-state index in [0.29, 0.717) is 6.54 Å². The lowest BCUT2D eigenvalue weighted by Gasteiger charge is -2.40. The molecule has 6 nitrogen and oxygen atoms in total. The number of amides is 1. The number of anilines is 2. The minimum Gasteiger partial charge on any atom is -0.368 e. The molecule has 5 rings (SSSR count). The number of benzene rings is 2. The van der Waals surface area contributed by atoms with E-state index in [-0.39, 0.29) is 11.8 Å². The maximum Gasteiger partial charge on any atom is 0.227 e. The summed E-state index contributed by atoms with van der Waals surface area (Å²) in [5, 5.41) is 9.64. The fraction of sp³-hybridized carbons (Fsp3) is 0.346. The molecule has 2 aliphatic heterocycles. The number of halogens is 1. The summed E-state index contributed by atoms with van der Waals surface area (Å²) in [7, 11) is 0. The second kappa shape index (κ2) is 9.79. The minimum absolute atomic E-state index is 0.00655. The summed E-state index contributed by atoms with van der Waals surface area (Å²) in [6.45, 7) is 4.75. The predicted octanol–water partition coefficient (Wildman–Crippen LogP) is 4.36. The van der Waals surface area contributed by atoms with E-state index in [2.05, 4.69) is 26.1 Å². The van der Waals surface area contributed by atoms with Crippen LogP contribution < -0.4 is 9.80 Å². The Morgan fingerprint density at radius 1 is 0.848 bits per heavy atom. The molecule has 1 atom stereocenters. The lowest BCUT2D eigenvalue weighted by atomic mass is 9.96. The number of aromatic nitrogens is 2. The second-order valence-corrected chi connectivity index (χ2v) is 9.16. The zero-order valence-corrected chi connectivity index (χ0v) is 19.4. The molecule has 0 bridgehead atoms. The van der Waals surface area contributed by atoms with E-state index < -0.39 is 0 Å². The zero-order valence-electron chi connectivity index (χ0n) is 18.6. The van der Waals surface area contributed by atoms with Crippen molar-refractivity contribution in [1.29, 1.82) is 0 Å². The molecule has 0 radical (unpaired) electrons. The van der Waals surface area contributed by atoms with Crippen molar-refractivity contribution < 1.29 is 4.79 Å². The number of rotatable bonds is 4. The van der Waals surface area contributed by atoms with Crippen LogP contribution in [0.25, 0.3) is 11.3 Å². The van der Waals surface area contributed by atoms with Crippen LogP contribution in [0.5, 0.6) is 0 Å². The lowest BCUT2D eigenvalue weighted by molar-refractivity contribution is -0.136. The van der Waals surface area contributed by atoms with Gasteiger partial charge in [-0.2, -0.15) is 0 Å². The highest BCUT2D eigenvalue weighted by Crippen LogP contribution is 2.26. The van der Waals surface area contributed by atoms with Crippen molar-refractivity contribution in [2.75, 3.05) is 49.1 Å². The molecule has 0 N–H and O–H groups in total. The van der Waals surface area contributed by atoms with Crippen molar-refractivity contribution >= 4 is 29.0 Å². The monoisotopic (exact) mass is 461 g/mol. The Bertz CT molecular complexity index is 1080. The molecule has 2 aliphatic rings. The Morgan fingerprint density at radius 3 is 2.39 bits per heavy atom. The van der Waals surface area contributed by atoms with Gasteiger partial charge in [-0.05, 0) is 43.2 Å². The third-order valence-corrected chi connectivity index (χ3v) is 6.81. The Morgan fingerprint density at radius 2 is 1.67 bits per heavy atom. The maximum atomic E-state index is 13.3. The molecule has 2 saturated heterocycles. The van der Waals surface area contributed by atoms with Crippen molar-refractivity contribution in [1.82, 2.24) is 15.1 Å². The average molecular weight is 462 g/mol. The van der Waals surface area contributed by atoms with E-state index in [1.807, 2.05) is 65.6 Å². The van der Waals surface area contributed by atoms with E-state index >= 15 is 0 Å². The fourth-order valence-corrected chi connectivity index (χ4v) is 4.94. The van der Waals surface area contributed by atoms with Crippen LogP contribution in [0.15, 0.2) is 66.7 Å². The molecule has 170 valence electrons. The number of piperidine rings is 1. The van der Waals surface area contributed by atoms with Crippen molar-refractivity contribution in [3.63, 3.8) is 0 Å². The molecular weight excluding hydrogens is 434 g/mol. The number of hydrogen-bond acceptors (Lipinski definition) is 5. The average Bonchev–Trinajstić information content (AvgIpc) is 2.89. The van der Waals surface area contributed by atoms with E-state index in [4.69, 9.17) is 11.6 Å². The molecule has 1 aromatic heterocycles. The van der Waals surface area contributed by atoms with Gasteiger partial charge in [0.2, 0.25) is 5.91 Å². The standard InChI is InChI=1S/C26H28ClN5O/c27-22-9-4-10-23(18-22)30-14-16-31(17-15-30)26(33)21-8-5-13-32(19-21)25-12-11-24(28-29-25)20-6-2-1-3-7-20/h1-4,6-7,9-12,18,21H,5,8,13-17,19H2. The Hall–Kier alpha value is -3.12. The van der Waals surface area contributed by atoms with Crippen LogP contribution in [0, 0.1) is 5.92 Å². The van der Waals surface area contributed by atoms with Gasteiger partial charge in [-0.25, -0.2) is 0 Å². The number of carbonyl (C=O) groups is 1. The smallest absolute Gasteiger partial charge is 0.227 e. The van der Waals surface area contributed by atoms with Crippen molar-refractivity contribution in [2.24, 2.45) is 5.92 Å². The normalized spacial score (nSPS) is 18.9. The van der Waals surface area contributed by atoms with Gasteiger partial charge in [0.25, 0.3) is 0 Å². The lowest BCUT2D eigenvalue weighted by Crippen LogP contribution is -2.52. The van der Waals surface area contributed by atoms with Gasteiger partial charge in [0.05, 0.1) is 11.6 Å². The van der Waals surface area contributed by atoms with Gasteiger partial charge in [0, 0.05) is 55.5 Å². The maximum absolute atomic E-state index is 13.3. The van der Waals surface area contributed by atoms with Crippen LogP contribution >= 0.6 is 11.6 Å². The highest BCUT2D eigenvalue weighted by Gasteiger charge is 2.31. The van der Waals surface area contributed by atoms with Gasteiger partial charge in [-0.1, -0.05) is 48.0 Å². The number of piperazine rings is 1. The topological polar surface area (TPSA) is 52.6 Å². The molecule has 7 heteroatoms. The molecule has 3 aromatic rings. The summed E-state index contributed by atoms with van der Waals surface area (Å²) in [6.07, 6.45) is 1.92. The van der Waals surface area contributed by atoms with E-state index in [1.54, 1.807) is 0 Å². The largest absolute Gasteiger partial charge is 0.368 e. The summed E-state index contributed by atoms with van der Waals surface area (Å²) in [6, 6.07) is 22.0. The Balaban J connectivity index is 1.19. The predicted molar refractivity (Wildman–Crippen MR) is 133 cm³/mol. The van der Waals surface area contributed by atoms with Gasteiger partial charge in [0.1, 0.15) is 0 Å². The summed E-state index contributed by atoms with van der Waals surface area (Å²) in [5.41, 5.74) is 3.04. The molecule has 1 unspecified atom stereocenters. The Labute approximate surface area is 199 Å². The third-order valence-electron chi connectivity index (χ3n) is 6.58. The SMILES string of the molecule is O=C(C1CCCN(c2ccc(-c3ccccc3)nn2)C1)N1CCN(c2cccc(Cl)c2)CC1. The molecule has 3 heterocycles. The van der Waals surface area contributed by atoms with Gasteiger partial charge in [-0.15, -0.1) is 10.2 Å². The minimum atomic E-state index is 0.00655.